The third-order valence-corrected chi connectivity index (χ3v) is 5.76. The van der Waals surface area contributed by atoms with Crippen LogP contribution in [0.5, 0.6) is 5.75 Å². The van der Waals surface area contributed by atoms with Gasteiger partial charge in [-0.05, 0) is 37.2 Å². The van der Waals surface area contributed by atoms with Gasteiger partial charge in [-0.2, -0.15) is 0 Å². The average Bonchev–Trinajstić information content (AvgIpc) is 2.84. The van der Waals surface area contributed by atoms with Crippen molar-refractivity contribution in [1.82, 2.24) is 10.2 Å². The maximum absolute atomic E-state index is 12.4. The van der Waals surface area contributed by atoms with Crippen LogP contribution >= 0.6 is 0 Å². The zero-order valence-corrected chi connectivity index (χ0v) is 22.3. The van der Waals surface area contributed by atoms with Crippen molar-refractivity contribution in [1.29, 1.82) is 0 Å². The van der Waals surface area contributed by atoms with E-state index in [1.54, 1.807) is 46.1 Å². The van der Waals surface area contributed by atoms with Gasteiger partial charge in [0.25, 0.3) is 0 Å². The summed E-state index contributed by atoms with van der Waals surface area (Å²) in [7, 11) is 4.66. The molecule has 1 aliphatic heterocycles. The van der Waals surface area contributed by atoms with Crippen LogP contribution in [-0.4, -0.2) is 87.8 Å². The van der Waals surface area contributed by atoms with Gasteiger partial charge in [0.1, 0.15) is 12.4 Å². The molecule has 0 aromatic heterocycles. The number of methoxy groups -OCH3 is 1. The minimum absolute atomic E-state index is 0.0519. The second kappa shape index (κ2) is 13.8. The highest BCUT2D eigenvalue weighted by Crippen LogP contribution is 2.33. The van der Waals surface area contributed by atoms with E-state index in [1.807, 2.05) is 0 Å². The second-order valence-electron chi connectivity index (χ2n) is 8.75. The zero-order valence-electron chi connectivity index (χ0n) is 22.3. The molecule has 0 saturated carbocycles. The minimum atomic E-state index is -1.28. The summed E-state index contributed by atoms with van der Waals surface area (Å²) in [6.45, 7) is 7.01. The topological polar surface area (TPSA) is 139 Å². The summed E-state index contributed by atoms with van der Waals surface area (Å²) in [6.07, 6.45) is -5.04. The van der Waals surface area contributed by atoms with Crippen molar-refractivity contribution >= 4 is 24.0 Å². The molecular weight excluding hydrogens is 488 g/mol. The minimum Gasteiger partial charge on any atom is -0.467 e. The number of ether oxygens (including phenoxy) is 6. The number of rotatable bonds is 10. The molecule has 12 heteroatoms. The highest BCUT2D eigenvalue weighted by atomic mass is 16.7. The van der Waals surface area contributed by atoms with Gasteiger partial charge in [0.2, 0.25) is 12.4 Å². The highest BCUT2D eigenvalue weighted by molar-refractivity contribution is 5.75. The molecule has 37 heavy (non-hydrogen) atoms. The summed E-state index contributed by atoms with van der Waals surface area (Å²) in [5, 5.41) is 2.96. The Morgan fingerprint density at radius 1 is 1.08 bits per heavy atom. The van der Waals surface area contributed by atoms with Crippen LogP contribution in [0.4, 0.5) is 4.79 Å². The molecule has 0 aliphatic carbocycles. The van der Waals surface area contributed by atoms with Crippen LogP contribution in [0.25, 0.3) is 0 Å². The fourth-order valence-corrected chi connectivity index (χ4v) is 3.82. The van der Waals surface area contributed by atoms with E-state index in [0.717, 1.165) is 5.56 Å². The second-order valence-corrected chi connectivity index (χ2v) is 8.75. The Hall–Kier alpha value is -3.38. The van der Waals surface area contributed by atoms with Crippen LogP contribution in [0.2, 0.25) is 0 Å². The molecule has 12 nitrogen and oxygen atoms in total. The number of amides is 1. The quantitative estimate of drug-likeness (QED) is 0.352. The van der Waals surface area contributed by atoms with Crippen LogP contribution in [-0.2, 0) is 44.7 Å². The van der Waals surface area contributed by atoms with Crippen LogP contribution in [0.15, 0.2) is 18.2 Å². The van der Waals surface area contributed by atoms with Gasteiger partial charge in [0.15, 0.2) is 12.2 Å². The molecule has 1 aliphatic rings. The Labute approximate surface area is 216 Å². The molecule has 1 aromatic carbocycles. The van der Waals surface area contributed by atoms with E-state index in [9.17, 15) is 19.2 Å². The first kappa shape index (κ1) is 29.8. The van der Waals surface area contributed by atoms with Crippen molar-refractivity contribution in [2.24, 2.45) is 5.92 Å². The predicted octanol–water partition coefficient (Wildman–Crippen LogP) is 1.56. The number of carbonyl (C=O) groups is 4. The average molecular weight is 525 g/mol. The Morgan fingerprint density at radius 2 is 1.73 bits per heavy atom. The van der Waals surface area contributed by atoms with E-state index in [0.29, 0.717) is 24.4 Å². The molecule has 1 heterocycles. The van der Waals surface area contributed by atoms with Crippen LogP contribution in [0, 0.1) is 12.8 Å². The van der Waals surface area contributed by atoms with Crippen LogP contribution in [0.3, 0.4) is 0 Å². The SMILES string of the molecule is CNCCN(C)C(=O)OCc1ccc(O[C@@H]2O[C@H](C(=O)OC)[C@@H](C)[C@H](OC(C)=O)[C@H]2OC(C)=O)c(C)c1. The first-order chi connectivity index (χ1) is 17.5. The molecule has 5 atom stereocenters. The van der Waals surface area contributed by atoms with Gasteiger partial charge in [-0.15, -0.1) is 0 Å². The lowest BCUT2D eigenvalue weighted by atomic mass is 9.90. The first-order valence-corrected chi connectivity index (χ1v) is 11.8. The molecule has 1 N–H and O–H groups in total. The molecule has 206 valence electrons. The van der Waals surface area contributed by atoms with Crippen molar-refractivity contribution in [2.75, 3.05) is 34.3 Å². The number of hydrogen-bond donors (Lipinski definition) is 1. The summed E-state index contributed by atoms with van der Waals surface area (Å²) < 4.78 is 32.9. The Balaban J connectivity index is 2.23. The van der Waals surface area contributed by atoms with E-state index < -0.39 is 54.5 Å². The van der Waals surface area contributed by atoms with Gasteiger partial charge in [0.05, 0.1) is 7.11 Å². The van der Waals surface area contributed by atoms with Gasteiger partial charge in [-0.25, -0.2) is 9.59 Å². The number of esters is 3. The summed E-state index contributed by atoms with van der Waals surface area (Å²) in [5.41, 5.74) is 1.39. The van der Waals surface area contributed by atoms with Crippen molar-refractivity contribution < 1.29 is 47.6 Å². The van der Waals surface area contributed by atoms with Crippen LogP contribution in [0.1, 0.15) is 31.9 Å². The van der Waals surface area contributed by atoms with Gasteiger partial charge < -0.3 is 38.6 Å². The zero-order chi connectivity index (χ0) is 27.7. The van der Waals surface area contributed by atoms with Gasteiger partial charge in [0, 0.05) is 39.9 Å². The third-order valence-electron chi connectivity index (χ3n) is 5.76. The predicted molar refractivity (Wildman–Crippen MR) is 129 cm³/mol. The van der Waals surface area contributed by atoms with E-state index >= 15 is 0 Å². The maximum atomic E-state index is 12.4. The molecular formula is C25H36N2O10. The largest absolute Gasteiger partial charge is 0.467 e. The molecule has 2 rings (SSSR count). The number of hydrogen-bond acceptors (Lipinski definition) is 11. The Morgan fingerprint density at radius 3 is 2.30 bits per heavy atom. The number of likely N-dealkylation sites (N-methyl/N-ethyl adjacent to an activating group) is 2. The number of carbonyl (C=O) groups excluding carboxylic acids is 4. The van der Waals surface area contributed by atoms with Gasteiger partial charge >= 0.3 is 24.0 Å². The van der Waals surface area contributed by atoms with Crippen LogP contribution < -0.4 is 10.1 Å². The molecule has 1 saturated heterocycles. The Bertz CT molecular complexity index is 969. The number of benzene rings is 1. The molecule has 1 amide bonds. The number of nitrogens with zero attached hydrogens (tertiary/aromatic N) is 1. The number of nitrogens with one attached hydrogen (secondary N) is 1. The smallest absolute Gasteiger partial charge is 0.409 e. The molecule has 0 radical (unpaired) electrons. The van der Waals surface area contributed by atoms with Crippen molar-refractivity contribution in [2.45, 2.75) is 58.9 Å². The Kier molecular flexibility index (Phi) is 11.1. The lowest BCUT2D eigenvalue weighted by molar-refractivity contribution is -0.266. The number of aryl methyl sites for hydroxylation is 1. The normalized spacial score (nSPS) is 22.9. The summed E-state index contributed by atoms with van der Waals surface area (Å²) in [5.74, 6) is -2.28. The first-order valence-electron chi connectivity index (χ1n) is 11.8. The molecule has 0 bridgehead atoms. The lowest BCUT2D eigenvalue weighted by Crippen LogP contribution is -2.60. The van der Waals surface area contributed by atoms with E-state index in [4.69, 9.17) is 28.4 Å². The van der Waals surface area contributed by atoms with E-state index in [-0.39, 0.29) is 6.61 Å². The summed E-state index contributed by atoms with van der Waals surface area (Å²) in [4.78, 5) is 49.6. The lowest BCUT2D eigenvalue weighted by Gasteiger charge is -2.42. The summed E-state index contributed by atoms with van der Waals surface area (Å²) in [6, 6.07) is 5.12. The molecule has 1 aromatic rings. The monoisotopic (exact) mass is 524 g/mol. The molecule has 0 spiro atoms. The van der Waals surface area contributed by atoms with Crippen molar-refractivity contribution in [3.05, 3.63) is 29.3 Å². The highest BCUT2D eigenvalue weighted by Gasteiger charge is 2.52. The van der Waals surface area contributed by atoms with E-state index in [1.165, 1.54) is 25.9 Å². The van der Waals surface area contributed by atoms with Crippen molar-refractivity contribution in [3.8, 4) is 5.75 Å². The fourth-order valence-electron chi connectivity index (χ4n) is 3.82. The molecule has 0 unspecified atom stereocenters. The molecule has 1 fully saturated rings. The summed E-state index contributed by atoms with van der Waals surface area (Å²) >= 11 is 0. The standard InChI is InChI=1S/C25H36N2O10/c1-14-12-18(13-33-25(31)27(6)11-10-26-5)8-9-19(14)36-24-22(35-17(4)29)20(34-16(3)28)15(2)21(37-24)23(30)32-7/h8-9,12,15,20-22,24,26H,10-11,13H2,1-7H3/t15-,20-,21-,22+,24+/m0/s1. The third kappa shape index (κ3) is 8.32. The van der Waals surface area contributed by atoms with Gasteiger partial charge in [-0.1, -0.05) is 13.0 Å². The van der Waals surface area contributed by atoms with Crippen molar-refractivity contribution in [3.63, 3.8) is 0 Å². The fraction of sp³-hybridized carbons (Fsp3) is 0.600. The van der Waals surface area contributed by atoms with Gasteiger partial charge in [-0.3, -0.25) is 9.59 Å². The van der Waals surface area contributed by atoms with E-state index in [2.05, 4.69) is 5.32 Å². The maximum Gasteiger partial charge on any atom is 0.409 e.